The number of ether oxygens (including phenoxy) is 1. The number of amides is 1. The molecule has 1 aliphatic heterocycles. The third-order valence-electron chi connectivity index (χ3n) is 2.21. The quantitative estimate of drug-likeness (QED) is 0.746. The van der Waals surface area contributed by atoms with Crippen LogP contribution in [0.3, 0.4) is 0 Å². The highest BCUT2D eigenvalue weighted by Gasteiger charge is 2.36. The van der Waals surface area contributed by atoms with Gasteiger partial charge in [0, 0.05) is 30.5 Å². The zero-order valence-electron chi connectivity index (χ0n) is 10.6. The van der Waals surface area contributed by atoms with E-state index < -0.39 is 5.60 Å². The lowest BCUT2D eigenvalue weighted by molar-refractivity contribution is -0.109. The molecule has 1 amide bonds. The second-order valence-electron chi connectivity index (χ2n) is 5.10. The number of hydrogen-bond donors (Lipinski definition) is 1. The Labute approximate surface area is 112 Å². The van der Waals surface area contributed by atoms with Crippen molar-refractivity contribution in [2.45, 2.75) is 43.8 Å². The summed E-state index contributed by atoms with van der Waals surface area (Å²) in [5.74, 6) is 0. The van der Waals surface area contributed by atoms with Crippen molar-refractivity contribution < 1.29 is 14.3 Å². The number of rotatable bonds is 1. The number of hydrogen-bond acceptors (Lipinski definition) is 5. The summed E-state index contributed by atoms with van der Waals surface area (Å²) in [5, 5.41) is 0.139. The topological polar surface area (TPSA) is 46.6 Å². The van der Waals surface area contributed by atoms with E-state index in [-0.39, 0.29) is 21.7 Å². The Kier molecular flexibility index (Phi) is 4.77. The van der Waals surface area contributed by atoms with E-state index in [1.165, 1.54) is 18.7 Å². The highest BCUT2D eigenvalue weighted by molar-refractivity contribution is 8.14. The van der Waals surface area contributed by atoms with Crippen molar-refractivity contribution in [1.82, 2.24) is 4.90 Å². The molecule has 0 aromatic heterocycles. The molecular formula is C11H19NO3S2. The molecule has 1 heterocycles. The first-order chi connectivity index (χ1) is 7.69. The molecule has 0 spiro atoms. The van der Waals surface area contributed by atoms with Crippen LogP contribution in [0, 0.1) is 0 Å². The summed E-state index contributed by atoms with van der Waals surface area (Å²) in [6.07, 6.45) is -0.330. The molecule has 98 valence electrons. The summed E-state index contributed by atoms with van der Waals surface area (Å²) in [4.78, 5) is 24.5. The Hall–Kier alpha value is -0.360. The molecule has 1 fully saturated rings. The van der Waals surface area contributed by atoms with E-state index in [4.69, 9.17) is 4.74 Å². The van der Waals surface area contributed by atoms with Gasteiger partial charge in [0.15, 0.2) is 5.12 Å². The maximum atomic E-state index is 11.8. The predicted octanol–water partition coefficient (Wildman–Crippen LogP) is 2.18. The van der Waals surface area contributed by atoms with E-state index in [2.05, 4.69) is 12.6 Å². The molecule has 2 atom stereocenters. The lowest BCUT2D eigenvalue weighted by Crippen LogP contribution is -2.35. The van der Waals surface area contributed by atoms with E-state index in [0.717, 1.165) is 0 Å². The standard InChI is InChI=1S/C11H19NO3S2/c1-7(13)17-9-6-12(5-8(9)16)10(14)15-11(2,3)4/h8-9,16H,5-6H2,1-4H3/t8-,9+/m1/s1. The molecular weight excluding hydrogens is 258 g/mol. The van der Waals surface area contributed by atoms with Gasteiger partial charge in [0.1, 0.15) is 5.60 Å². The summed E-state index contributed by atoms with van der Waals surface area (Å²) < 4.78 is 5.28. The van der Waals surface area contributed by atoms with Crippen LogP contribution in [0.15, 0.2) is 0 Å². The number of thioether (sulfide) groups is 1. The fourth-order valence-corrected chi connectivity index (χ4v) is 2.96. The summed E-state index contributed by atoms with van der Waals surface area (Å²) >= 11 is 5.65. The van der Waals surface area contributed by atoms with E-state index in [1.54, 1.807) is 4.90 Å². The van der Waals surface area contributed by atoms with Crippen molar-refractivity contribution in [2.24, 2.45) is 0 Å². The highest BCUT2D eigenvalue weighted by Crippen LogP contribution is 2.28. The van der Waals surface area contributed by atoms with E-state index >= 15 is 0 Å². The van der Waals surface area contributed by atoms with Gasteiger partial charge in [0.05, 0.1) is 0 Å². The molecule has 1 rings (SSSR count). The molecule has 0 aliphatic carbocycles. The van der Waals surface area contributed by atoms with Crippen LogP contribution in [-0.2, 0) is 9.53 Å². The van der Waals surface area contributed by atoms with Gasteiger partial charge >= 0.3 is 6.09 Å². The minimum absolute atomic E-state index is 0.0245. The van der Waals surface area contributed by atoms with Crippen molar-refractivity contribution in [2.75, 3.05) is 13.1 Å². The van der Waals surface area contributed by atoms with Gasteiger partial charge in [-0.2, -0.15) is 12.6 Å². The van der Waals surface area contributed by atoms with E-state index in [1.807, 2.05) is 20.8 Å². The number of nitrogens with zero attached hydrogens (tertiary/aromatic N) is 1. The van der Waals surface area contributed by atoms with Crippen LogP contribution >= 0.6 is 24.4 Å². The van der Waals surface area contributed by atoms with Gasteiger partial charge in [0.2, 0.25) is 0 Å². The summed E-state index contributed by atoms with van der Waals surface area (Å²) in [7, 11) is 0. The van der Waals surface area contributed by atoms with Crippen molar-refractivity contribution in [3.63, 3.8) is 0 Å². The van der Waals surface area contributed by atoms with Crippen molar-refractivity contribution >= 4 is 35.6 Å². The van der Waals surface area contributed by atoms with E-state index in [0.29, 0.717) is 13.1 Å². The maximum Gasteiger partial charge on any atom is 0.410 e. The molecule has 4 nitrogen and oxygen atoms in total. The predicted molar refractivity (Wildman–Crippen MR) is 72.6 cm³/mol. The van der Waals surface area contributed by atoms with Crippen molar-refractivity contribution in [3.8, 4) is 0 Å². The van der Waals surface area contributed by atoms with Gasteiger partial charge < -0.3 is 9.64 Å². The van der Waals surface area contributed by atoms with E-state index in [9.17, 15) is 9.59 Å². The van der Waals surface area contributed by atoms with Crippen LogP contribution < -0.4 is 0 Å². The van der Waals surface area contributed by atoms with Crippen LogP contribution in [0.5, 0.6) is 0 Å². The van der Waals surface area contributed by atoms with Gasteiger partial charge in [-0.05, 0) is 20.8 Å². The van der Waals surface area contributed by atoms with Gasteiger partial charge in [-0.1, -0.05) is 11.8 Å². The minimum Gasteiger partial charge on any atom is -0.444 e. The Morgan fingerprint density at radius 1 is 1.35 bits per heavy atom. The van der Waals surface area contributed by atoms with Crippen molar-refractivity contribution in [3.05, 3.63) is 0 Å². The number of likely N-dealkylation sites (tertiary alicyclic amines) is 1. The van der Waals surface area contributed by atoms with Gasteiger partial charge in [0.25, 0.3) is 0 Å². The maximum absolute atomic E-state index is 11.8. The normalized spacial score (nSPS) is 24.9. The minimum atomic E-state index is -0.491. The Morgan fingerprint density at radius 3 is 2.41 bits per heavy atom. The molecule has 0 aromatic rings. The summed E-state index contributed by atoms with van der Waals surface area (Å²) in [6, 6.07) is 0. The SMILES string of the molecule is CC(=O)S[C@H]1CN(C(=O)OC(C)(C)C)C[C@H]1S. The lowest BCUT2D eigenvalue weighted by atomic mass is 10.2. The molecule has 0 aromatic carbocycles. The number of thiol groups is 1. The number of carbonyl (C=O) groups is 2. The molecule has 0 radical (unpaired) electrons. The first-order valence-corrected chi connectivity index (χ1v) is 6.92. The first-order valence-electron chi connectivity index (χ1n) is 5.52. The largest absolute Gasteiger partial charge is 0.444 e. The molecule has 1 saturated heterocycles. The van der Waals surface area contributed by atoms with Gasteiger partial charge in [-0.15, -0.1) is 0 Å². The fraction of sp³-hybridized carbons (Fsp3) is 0.818. The second kappa shape index (κ2) is 5.52. The Balaban J connectivity index is 2.53. The molecule has 0 bridgehead atoms. The Morgan fingerprint density at radius 2 is 1.94 bits per heavy atom. The lowest BCUT2D eigenvalue weighted by Gasteiger charge is -2.24. The summed E-state index contributed by atoms with van der Waals surface area (Å²) in [6.45, 7) is 8.08. The summed E-state index contributed by atoms with van der Waals surface area (Å²) in [5.41, 5.74) is -0.491. The molecule has 6 heteroatoms. The van der Waals surface area contributed by atoms with Gasteiger partial charge in [-0.3, -0.25) is 4.79 Å². The monoisotopic (exact) mass is 277 g/mol. The smallest absolute Gasteiger partial charge is 0.410 e. The second-order valence-corrected chi connectivity index (χ2v) is 7.18. The van der Waals surface area contributed by atoms with Crippen LogP contribution in [0.2, 0.25) is 0 Å². The zero-order chi connectivity index (χ0) is 13.2. The van der Waals surface area contributed by atoms with Crippen LogP contribution in [0.1, 0.15) is 27.7 Å². The average molecular weight is 277 g/mol. The van der Waals surface area contributed by atoms with Gasteiger partial charge in [-0.25, -0.2) is 4.79 Å². The molecule has 0 N–H and O–H groups in total. The van der Waals surface area contributed by atoms with Crippen LogP contribution in [-0.4, -0.2) is 45.3 Å². The third-order valence-corrected chi connectivity index (χ3v) is 4.04. The molecule has 0 unspecified atom stereocenters. The fourth-order valence-electron chi connectivity index (χ4n) is 1.56. The molecule has 0 saturated carbocycles. The van der Waals surface area contributed by atoms with Crippen LogP contribution in [0.4, 0.5) is 4.79 Å². The van der Waals surface area contributed by atoms with Crippen molar-refractivity contribution in [1.29, 1.82) is 0 Å². The molecule has 17 heavy (non-hydrogen) atoms. The van der Waals surface area contributed by atoms with Crippen LogP contribution in [0.25, 0.3) is 0 Å². The first kappa shape index (κ1) is 14.7. The average Bonchev–Trinajstić information content (AvgIpc) is 2.44. The molecule has 1 aliphatic rings. The third kappa shape index (κ3) is 4.79. The highest BCUT2D eigenvalue weighted by atomic mass is 32.2. The zero-order valence-corrected chi connectivity index (χ0v) is 12.3. The number of carbonyl (C=O) groups excluding carboxylic acids is 2. The Bertz CT molecular complexity index is 314.